The fourth-order valence-electron chi connectivity index (χ4n) is 2.71. The lowest BCUT2D eigenvalue weighted by Gasteiger charge is -2.36. The summed E-state index contributed by atoms with van der Waals surface area (Å²) < 4.78 is 0. The molecule has 0 radical (unpaired) electrons. The van der Waals surface area contributed by atoms with Crippen LogP contribution in [0.5, 0.6) is 0 Å². The van der Waals surface area contributed by atoms with Gasteiger partial charge in [-0.2, -0.15) is 0 Å². The smallest absolute Gasteiger partial charge is 0.269 e. The number of carbonyl (C=O) groups excluding carboxylic acids is 1. The summed E-state index contributed by atoms with van der Waals surface area (Å²) in [4.78, 5) is 28.9. The third-order valence-corrected chi connectivity index (χ3v) is 3.90. The van der Waals surface area contributed by atoms with Gasteiger partial charge in [-0.25, -0.2) is 0 Å². The van der Waals surface area contributed by atoms with Gasteiger partial charge in [-0.3, -0.25) is 19.9 Å². The molecule has 2 aromatic rings. The van der Waals surface area contributed by atoms with Crippen molar-refractivity contribution in [2.75, 3.05) is 19.6 Å². The normalized spacial score (nSPS) is 17.7. The first-order valence-electron chi connectivity index (χ1n) is 7.33. The van der Waals surface area contributed by atoms with E-state index >= 15 is 0 Å². The quantitative estimate of drug-likeness (QED) is 0.689. The Bertz CT molecular complexity index is 703. The molecule has 1 aliphatic heterocycles. The minimum absolute atomic E-state index is 0.0225. The summed E-state index contributed by atoms with van der Waals surface area (Å²) in [5, 5.41) is 14.0. The van der Waals surface area contributed by atoms with Crippen LogP contribution >= 0.6 is 0 Å². The van der Waals surface area contributed by atoms with Crippen molar-refractivity contribution in [2.24, 2.45) is 0 Å². The number of nitrogens with one attached hydrogen (secondary N) is 1. The number of nitro benzene ring substituents is 1. The van der Waals surface area contributed by atoms with Crippen LogP contribution in [-0.2, 0) is 0 Å². The lowest BCUT2D eigenvalue weighted by atomic mass is 10.0. The number of pyridine rings is 1. The maximum atomic E-state index is 12.8. The van der Waals surface area contributed by atoms with Gasteiger partial charge in [-0.05, 0) is 23.8 Å². The van der Waals surface area contributed by atoms with E-state index in [0.717, 1.165) is 12.1 Å². The lowest BCUT2D eigenvalue weighted by Crippen LogP contribution is -2.48. The number of aromatic nitrogens is 1. The Labute approximate surface area is 133 Å². The highest BCUT2D eigenvalue weighted by atomic mass is 16.6. The molecule has 3 rings (SSSR count). The van der Waals surface area contributed by atoms with Gasteiger partial charge >= 0.3 is 0 Å². The fraction of sp³-hybridized carbons (Fsp3) is 0.250. The standard InChI is InChI=1S/C16H16N4O3/c21-16(12-3-5-14(6-4-12)20(22)23)19-9-8-18-11-15(19)13-2-1-7-17-10-13/h1-7,10,15,18H,8-9,11H2. The first-order valence-corrected chi connectivity index (χ1v) is 7.33. The third-order valence-electron chi connectivity index (χ3n) is 3.90. The van der Waals surface area contributed by atoms with Crippen molar-refractivity contribution in [3.63, 3.8) is 0 Å². The Morgan fingerprint density at radius 1 is 1.30 bits per heavy atom. The largest absolute Gasteiger partial charge is 0.329 e. The molecular formula is C16H16N4O3. The SMILES string of the molecule is O=C(c1ccc([N+](=O)[O-])cc1)N1CCNCC1c1cccnc1. The number of nitrogens with zero attached hydrogens (tertiary/aromatic N) is 3. The average molecular weight is 312 g/mol. The lowest BCUT2D eigenvalue weighted by molar-refractivity contribution is -0.384. The summed E-state index contributed by atoms with van der Waals surface area (Å²) in [5.74, 6) is -0.129. The average Bonchev–Trinajstić information content (AvgIpc) is 2.62. The Kier molecular flexibility index (Phi) is 4.29. The van der Waals surface area contributed by atoms with Crippen molar-refractivity contribution in [2.45, 2.75) is 6.04 Å². The molecule has 0 saturated carbocycles. The number of hydrogen-bond acceptors (Lipinski definition) is 5. The summed E-state index contributed by atoms with van der Waals surface area (Å²) in [6.45, 7) is 1.95. The molecule has 118 valence electrons. The molecule has 0 spiro atoms. The van der Waals surface area contributed by atoms with Crippen LogP contribution in [0.2, 0.25) is 0 Å². The van der Waals surface area contributed by atoms with Gasteiger partial charge in [0, 0.05) is 49.7 Å². The van der Waals surface area contributed by atoms with Crippen molar-refractivity contribution in [1.29, 1.82) is 0 Å². The number of piperazine rings is 1. The van der Waals surface area contributed by atoms with Crippen molar-refractivity contribution in [3.8, 4) is 0 Å². The predicted octanol–water partition coefficient (Wildman–Crippen LogP) is 1.78. The first kappa shape index (κ1) is 15.1. The van der Waals surface area contributed by atoms with Crippen LogP contribution in [0.3, 0.4) is 0 Å². The predicted molar refractivity (Wildman–Crippen MR) is 84.0 cm³/mol. The topological polar surface area (TPSA) is 88.4 Å². The molecule has 1 N–H and O–H groups in total. The molecule has 1 fully saturated rings. The molecule has 23 heavy (non-hydrogen) atoms. The maximum Gasteiger partial charge on any atom is 0.269 e. The first-order chi connectivity index (χ1) is 11.2. The van der Waals surface area contributed by atoms with E-state index < -0.39 is 4.92 Å². The minimum atomic E-state index is -0.475. The third kappa shape index (κ3) is 3.19. The van der Waals surface area contributed by atoms with E-state index in [-0.39, 0.29) is 17.6 Å². The molecule has 1 unspecified atom stereocenters. The van der Waals surface area contributed by atoms with E-state index in [1.165, 1.54) is 24.3 Å². The van der Waals surface area contributed by atoms with Gasteiger partial charge in [0.15, 0.2) is 0 Å². The van der Waals surface area contributed by atoms with Crippen LogP contribution in [0.1, 0.15) is 22.0 Å². The molecule has 1 atom stereocenters. The summed E-state index contributed by atoms with van der Waals surface area (Å²) >= 11 is 0. The summed E-state index contributed by atoms with van der Waals surface area (Å²) in [5.41, 5.74) is 1.40. The van der Waals surface area contributed by atoms with Crippen LogP contribution in [-0.4, -0.2) is 40.3 Å². The van der Waals surface area contributed by atoms with Gasteiger partial charge in [0.1, 0.15) is 0 Å². The minimum Gasteiger partial charge on any atom is -0.329 e. The zero-order valence-electron chi connectivity index (χ0n) is 12.4. The summed E-state index contributed by atoms with van der Waals surface area (Å²) in [7, 11) is 0. The van der Waals surface area contributed by atoms with E-state index in [2.05, 4.69) is 10.3 Å². The van der Waals surface area contributed by atoms with Crippen molar-refractivity contribution in [1.82, 2.24) is 15.2 Å². The molecule has 2 heterocycles. The molecule has 1 saturated heterocycles. The Balaban J connectivity index is 1.85. The molecule has 0 bridgehead atoms. The molecular weight excluding hydrogens is 296 g/mol. The number of benzene rings is 1. The second-order valence-corrected chi connectivity index (χ2v) is 5.31. The van der Waals surface area contributed by atoms with Crippen LogP contribution in [0, 0.1) is 10.1 Å². The number of carbonyl (C=O) groups is 1. The van der Waals surface area contributed by atoms with Crippen molar-refractivity contribution in [3.05, 3.63) is 70.0 Å². The fourth-order valence-corrected chi connectivity index (χ4v) is 2.71. The van der Waals surface area contributed by atoms with Crippen molar-refractivity contribution >= 4 is 11.6 Å². The molecule has 1 aromatic carbocycles. The zero-order chi connectivity index (χ0) is 16.2. The molecule has 7 heteroatoms. The molecule has 0 aliphatic carbocycles. The Morgan fingerprint density at radius 3 is 2.74 bits per heavy atom. The van der Waals surface area contributed by atoms with Crippen LogP contribution in [0.15, 0.2) is 48.8 Å². The highest BCUT2D eigenvalue weighted by molar-refractivity contribution is 5.94. The van der Waals surface area contributed by atoms with Gasteiger partial charge in [0.05, 0.1) is 11.0 Å². The van der Waals surface area contributed by atoms with Crippen LogP contribution < -0.4 is 5.32 Å². The number of non-ortho nitro benzene ring substituents is 1. The molecule has 1 aliphatic rings. The molecule has 7 nitrogen and oxygen atoms in total. The Hall–Kier alpha value is -2.80. The van der Waals surface area contributed by atoms with Gasteiger partial charge < -0.3 is 10.2 Å². The Morgan fingerprint density at radius 2 is 2.09 bits per heavy atom. The highest BCUT2D eigenvalue weighted by Crippen LogP contribution is 2.24. The molecule has 1 amide bonds. The number of amides is 1. The molecule has 1 aromatic heterocycles. The van der Waals surface area contributed by atoms with Gasteiger partial charge in [-0.1, -0.05) is 6.07 Å². The number of nitro groups is 1. The van der Waals surface area contributed by atoms with Gasteiger partial charge in [0.2, 0.25) is 0 Å². The van der Waals surface area contributed by atoms with Gasteiger partial charge in [-0.15, -0.1) is 0 Å². The summed E-state index contributed by atoms with van der Waals surface area (Å²) in [6, 6.07) is 9.41. The maximum absolute atomic E-state index is 12.8. The van der Waals surface area contributed by atoms with E-state index in [4.69, 9.17) is 0 Å². The van der Waals surface area contributed by atoms with Crippen LogP contribution in [0.25, 0.3) is 0 Å². The van der Waals surface area contributed by atoms with Crippen molar-refractivity contribution < 1.29 is 9.72 Å². The second kappa shape index (κ2) is 6.53. The van der Waals surface area contributed by atoms with Crippen LogP contribution in [0.4, 0.5) is 5.69 Å². The van der Waals surface area contributed by atoms with Gasteiger partial charge in [0.25, 0.3) is 11.6 Å². The highest BCUT2D eigenvalue weighted by Gasteiger charge is 2.28. The number of rotatable bonds is 3. The van der Waals surface area contributed by atoms with E-state index in [1.807, 2.05) is 12.1 Å². The van der Waals surface area contributed by atoms with E-state index in [9.17, 15) is 14.9 Å². The van der Waals surface area contributed by atoms with E-state index in [0.29, 0.717) is 18.7 Å². The van der Waals surface area contributed by atoms with E-state index in [1.54, 1.807) is 17.3 Å². The summed E-state index contributed by atoms with van der Waals surface area (Å²) in [6.07, 6.45) is 3.45. The zero-order valence-corrected chi connectivity index (χ0v) is 12.4. The number of hydrogen-bond donors (Lipinski definition) is 1. The monoisotopic (exact) mass is 312 g/mol. The second-order valence-electron chi connectivity index (χ2n) is 5.31.